The van der Waals surface area contributed by atoms with E-state index < -0.39 is 0 Å². The zero-order valence-electron chi connectivity index (χ0n) is 7.21. The highest BCUT2D eigenvalue weighted by atomic mass is 79.9. The lowest BCUT2D eigenvalue weighted by Crippen LogP contribution is -2.09. The number of rotatable bonds is 4. The van der Waals surface area contributed by atoms with Gasteiger partial charge in [-0.3, -0.25) is 0 Å². The monoisotopic (exact) mass is 233 g/mol. The molecular weight excluding hydrogens is 222 g/mol. The van der Waals surface area contributed by atoms with Crippen molar-refractivity contribution >= 4 is 15.9 Å². The SMILES string of the molecule is CCC(C)Oc1cc(CBr)on1. The average molecular weight is 234 g/mol. The van der Waals surface area contributed by atoms with Crippen molar-refractivity contribution in [1.82, 2.24) is 5.16 Å². The summed E-state index contributed by atoms with van der Waals surface area (Å²) in [6.45, 7) is 4.07. The van der Waals surface area contributed by atoms with Crippen molar-refractivity contribution in [3.8, 4) is 5.88 Å². The van der Waals surface area contributed by atoms with Gasteiger partial charge in [0.15, 0.2) is 5.76 Å². The Bertz CT molecular complexity index is 237. The Hall–Kier alpha value is -0.510. The van der Waals surface area contributed by atoms with Gasteiger partial charge in [0.2, 0.25) is 0 Å². The summed E-state index contributed by atoms with van der Waals surface area (Å²) >= 11 is 3.26. The molecule has 0 aromatic carbocycles. The van der Waals surface area contributed by atoms with Crippen LogP contribution in [0.25, 0.3) is 0 Å². The summed E-state index contributed by atoms with van der Waals surface area (Å²) in [6, 6.07) is 1.79. The molecule has 1 heterocycles. The molecule has 1 rings (SSSR count). The van der Waals surface area contributed by atoms with Gasteiger partial charge in [-0.05, 0) is 18.5 Å². The quantitative estimate of drug-likeness (QED) is 0.751. The van der Waals surface area contributed by atoms with Gasteiger partial charge in [0.25, 0.3) is 5.88 Å². The summed E-state index contributed by atoms with van der Waals surface area (Å²) in [5.41, 5.74) is 0. The van der Waals surface area contributed by atoms with E-state index in [4.69, 9.17) is 9.26 Å². The summed E-state index contributed by atoms with van der Waals surface area (Å²) in [4.78, 5) is 0. The molecule has 12 heavy (non-hydrogen) atoms. The van der Waals surface area contributed by atoms with Gasteiger partial charge in [-0.2, -0.15) is 0 Å². The van der Waals surface area contributed by atoms with Crippen LogP contribution in [0.1, 0.15) is 26.0 Å². The maximum absolute atomic E-state index is 5.42. The molecule has 0 spiro atoms. The van der Waals surface area contributed by atoms with Crippen molar-refractivity contribution in [3.63, 3.8) is 0 Å². The summed E-state index contributed by atoms with van der Waals surface area (Å²) in [5.74, 6) is 1.35. The third kappa shape index (κ3) is 2.52. The normalized spacial score (nSPS) is 12.9. The van der Waals surface area contributed by atoms with Crippen LogP contribution in [0, 0.1) is 0 Å². The molecule has 1 aromatic heterocycles. The fraction of sp³-hybridized carbons (Fsp3) is 0.625. The Labute approximate surface area is 80.2 Å². The van der Waals surface area contributed by atoms with E-state index in [1.165, 1.54) is 0 Å². The molecule has 1 atom stereocenters. The van der Waals surface area contributed by atoms with Gasteiger partial charge >= 0.3 is 0 Å². The van der Waals surface area contributed by atoms with Crippen molar-refractivity contribution in [1.29, 1.82) is 0 Å². The van der Waals surface area contributed by atoms with Crippen LogP contribution in [0.15, 0.2) is 10.6 Å². The Kier molecular flexibility index (Phi) is 3.59. The van der Waals surface area contributed by atoms with E-state index in [-0.39, 0.29) is 6.10 Å². The molecule has 4 heteroatoms. The van der Waals surface area contributed by atoms with Gasteiger partial charge in [-0.25, -0.2) is 0 Å². The number of halogens is 1. The van der Waals surface area contributed by atoms with E-state index in [0.29, 0.717) is 11.2 Å². The first-order chi connectivity index (χ1) is 5.76. The summed E-state index contributed by atoms with van der Waals surface area (Å²) in [6.07, 6.45) is 1.16. The second-order valence-electron chi connectivity index (χ2n) is 2.60. The van der Waals surface area contributed by atoms with Gasteiger partial charge < -0.3 is 9.26 Å². The molecule has 1 unspecified atom stereocenters. The Morgan fingerprint density at radius 1 is 1.75 bits per heavy atom. The minimum atomic E-state index is 0.193. The number of hydrogen-bond donors (Lipinski definition) is 0. The van der Waals surface area contributed by atoms with Gasteiger partial charge in [0, 0.05) is 6.07 Å². The number of aromatic nitrogens is 1. The number of hydrogen-bond acceptors (Lipinski definition) is 3. The van der Waals surface area contributed by atoms with Gasteiger partial charge in [0.05, 0.1) is 11.4 Å². The first-order valence-electron chi connectivity index (χ1n) is 3.94. The minimum absolute atomic E-state index is 0.193. The van der Waals surface area contributed by atoms with E-state index in [0.717, 1.165) is 12.2 Å². The highest BCUT2D eigenvalue weighted by Gasteiger charge is 2.06. The zero-order chi connectivity index (χ0) is 8.97. The fourth-order valence-electron chi connectivity index (χ4n) is 0.702. The number of alkyl halides is 1. The largest absolute Gasteiger partial charge is 0.472 e. The minimum Gasteiger partial charge on any atom is -0.472 e. The topological polar surface area (TPSA) is 35.3 Å². The second-order valence-corrected chi connectivity index (χ2v) is 3.16. The third-order valence-corrected chi connectivity index (χ3v) is 2.12. The molecule has 3 nitrogen and oxygen atoms in total. The van der Waals surface area contributed by atoms with Crippen molar-refractivity contribution in [3.05, 3.63) is 11.8 Å². The molecule has 1 aromatic rings. The van der Waals surface area contributed by atoms with Crippen LogP contribution >= 0.6 is 15.9 Å². The molecule has 0 radical (unpaired) electrons. The van der Waals surface area contributed by atoms with E-state index in [1.54, 1.807) is 6.07 Å². The average Bonchev–Trinajstić information content (AvgIpc) is 2.52. The maximum atomic E-state index is 5.42. The fourth-order valence-corrected chi connectivity index (χ4v) is 0.966. The second kappa shape index (κ2) is 4.50. The number of ether oxygens (including phenoxy) is 1. The van der Waals surface area contributed by atoms with Crippen LogP contribution in [-0.4, -0.2) is 11.3 Å². The van der Waals surface area contributed by atoms with E-state index >= 15 is 0 Å². The smallest absolute Gasteiger partial charge is 0.254 e. The summed E-state index contributed by atoms with van der Waals surface area (Å²) in [7, 11) is 0. The lowest BCUT2D eigenvalue weighted by Gasteiger charge is -2.07. The molecule has 0 aliphatic heterocycles. The maximum Gasteiger partial charge on any atom is 0.254 e. The van der Waals surface area contributed by atoms with Crippen molar-refractivity contribution in [2.75, 3.05) is 0 Å². The lowest BCUT2D eigenvalue weighted by molar-refractivity contribution is 0.196. The Balaban J connectivity index is 2.52. The first kappa shape index (κ1) is 9.58. The Morgan fingerprint density at radius 2 is 2.50 bits per heavy atom. The molecule has 0 saturated heterocycles. The van der Waals surface area contributed by atoms with Crippen LogP contribution in [-0.2, 0) is 5.33 Å². The van der Waals surface area contributed by atoms with Crippen molar-refractivity contribution in [2.45, 2.75) is 31.7 Å². The van der Waals surface area contributed by atoms with E-state index in [1.807, 2.05) is 6.92 Å². The summed E-state index contributed by atoms with van der Waals surface area (Å²) < 4.78 is 10.4. The number of nitrogens with zero attached hydrogens (tertiary/aromatic N) is 1. The van der Waals surface area contributed by atoms with Crippen LogP contribution in [0.4, 0.5) is 0 Å². The van der Waals surface area contributed by atoms with Crippen LogP contribution < -0.4 is 4.74 Å². The molecule has 0 aliphatic carbocycles. The summed E-state index contributed by atoms with van der Waals surface area (Å²) in [5, 5.41) is 4.42. The van der Waals surface area contributed by atoms with Crippen LogP contribution in [0.2, 0.25) is 0 Å². The predicted octanol–water partition coefficient (Wildman–Crippen LogP) is 2.75. The lowest BCUT2D eigenvalue weighted by atomic mass is 10.3. The van der Waals surface area contributed by atoms with Crippen molar-refractivity contribution in [2.24, 2.45) is 0 Å². The highest BCUT2D eigenvalue weighted by Crippen LogP contribution is 2.15. The van der Waals surface area contributed by atoms with Gasteiger partial charge in [-0.1, -0.05) is 22.9 Å². The third-order valence-electron chi connectivity index (χ3n) is 1.57. The molecular formula is C8H12BrNO2. The molecule has 0 fully saturated rings. The molecule has 0 amide bonds. The molecule has 0 N–H and O–H groups in total. The molecule has 0 saturated carbocycles. The van der Waals surface area contributed by atoms with Crippen LogP contribution in [0.5, 0.6) is 5.88 Å². The molecule has 0 aliphatic rings. The Morgan fingerprint density at radius 3 is 3.00 bits per heavy atom. The van der Waals surface area contributed by atoms with E-state index in [2.05, 4.69) is 28.0 Å². The van der Waals surface area contributed by atoms with Gasteiger partial charge in [0.1, 0.15) is 0 Å². The molecule has 0 bridgehead atoms. The molecule has 68 valence electrons. The van der Waals surface area contributed by atoms with Crippen LogP contribution in [0.3, 0.4) is 0 Å². The van der Waals surface area contributed by atoms with E-state index in [9.17, 15) is 0 Å². The predicted molar refractivity (Wildman–Crippen MR) is 49.5 cm³/mol. The first-order valence-corrected chi connectivity index (χ1v) is 5.06. The van der Waals surface area contributed by atoms with Gasteiger partial charge in [-0.15, -0.1) is 0 Å². The standard InChI is InChI=1S/C8H12BrNO2/c1-3-6(2)11-8-4-7(5-9)12-10-8/h4,6H,3,5H2,1-2H3. The zero-order valence-corrected chi connectivity index (χ0v) is 8.80. The van der Waals surface area contributed by atoms with Crippen molar-refractivity contribution < 1.29 is 9.26 Å². The highest BCUT2D eigenvalue weighted by molar-refractivity contribution is 9.08.